The summed E-state index contributed by atoms with van der Waals surface area (Å²) in [5.41, 5.74) is 5.28. The zero-order chi connectivity index (χ0) is 21.6. The summed E-state index contributed by atoms with van der Waals surface area (Å²) in [6.07, 6.45) is 0.469. The highest BCUT2D eigenvalue weighted by Gasteiger charge is 2.16. The lowest BCUT2D eigenvalue weighted by atomic mass is 9.98. The Labute approximate surface area is 182 Å². The van der Waals surface area contributed by atoms with Crippen molar-refractivity contribution in [2.24, 2.45) is 0 Å². The SMILES string of the molecule is COC(OC)c1ccc(-c2ccccc2-c2nnn(C(C)Cc3ccccc3)n2)cc1. The summed E-state index contributed by atoms with van der Waals surface area (Å²) in [6, 6.07) is 26.7. The molecule has 1 unspecified atom stereocenters. The van der Waals surface area contributed by atoms with Crippen molar-refractivity contribution >= 4 is 0 Å². The van der Waals surface area contributed by atoms with E-state index >= 15 is 0 Å². The molecule has 1 atom stereocenters. The van der Waals surface area contributed by atoms with E-state index in [1.807, 2.05) is 48.5 Å². The summed E-state index contributed by atoms with van der Waals surface area (Å²) in [5.74, 6) is 0.617. The first kappa shape index (κ1) is 20.9. The van der Waals surface area contributed by atoms with Crippen LogP contribution in [0.25, 0.3) is 22.5 Å². The van der Waals surface area contributed by atoms with Crippen LogP contribution in [0, 0.1) is 0 Å². The van der Waals surface area contributed by atoms with Gasteiger partial charge in [-0.05, 0) is 35.2 Å². The minimum absolute atomic E-state index is 0.107. The summed E-state index contributed by atoms with van der Waals surface area (Å²) in [5, 5.41) is 13.4. The molecule has 0 spiro atoms. The van der Waals surface area contributed by atoms with Gasteiger partial charge in [-0.1, -0.05) is 78.9 Å². The number of nitrogens with zero attached hydrogens (tertiary/aromatic N) is 4. The van der Waals surface area contributed by atoms with Gasteiger partial charge < -0.3 is 9.47 Å². The molecule has 0 radical (unpaired) electrons. The van der Waals surface area contributed by atoms with Crippen LogP contribution in [0.15, 0.2) is 78.9 Å². The van der Waals surface area contributed by atoms with Crippen molar-refractivity contribution in [2.45, 2.75) is 25.7 Å². The Hall–Kier alpha value is -3.35. The van der Waals surface area contributed by atoms with Gasteiger partial charge in [-0.15, -0.1) is 10.2 Å². The standard InChI is InChI=1S/C25H26N4O2/c1-18(17-19-9-5-4-6-10-19)29-27-24(26-28-29)23-12-8-7-11-22(23)20-13-15-21(16-14-20)25(30-2)31-3/h4-16,18,25H,17H2,1-3H3. The maximum atomic E-state index is 5.34. The summed E-state index contributed by atoms with van der Waals surface area (Å²) < 4.78 is 10.7. The van der Waals surface area contributed by atoms with E-state index in [-0.39, 0.29) is 12.3 Å². The topological polar surface area (TPSA) is 62.1 Å². The Kier molecular flexibility index (Phi) is 6.50. The van der Waals surface area contributed by atoms with E-state index in [9.17, 15) is 0 Å². The fourth-order valence-electron chi connectivity index (χ4n) is 3.67. The molecule has 31 heavy (non-hydrogen) atoms. The van der Waals surface area contributed by atoms with E-state index < -0.39 is 0 Å². The quantitative estimate of drug-likeness (QED) is 0.375. The van der Waals surface area contributed by atoms with Crippen molar-refractivity contribution in [2.75, 3.05) is 14.2 Å². The maximum absolute atomic E-state index is 5.34. The van der Waals surface area contributed by atoms with E-state index in [2.05, 4.69) is 52.7 Å². The van der Waals surface area contributed by atoms with Crippen molar-refractivity contribution < 1.29 is 9.47 Å². The molecule has 6 heteroatoms. The van der Waals surface area contributed by atoms with Crippen LogP contribution < -0.4 is 0 Å². The van der Waals surface area contributed by atoms with Gasteiger partial charge in [0, 0.05) is 25.3 Å². The zero-order valence-corrected chi connectivity index (χ0v) is 18.0. The molecule has 1 heterocycles. The Bertz CT molecular complexity index is 1110. The summed E-state index contributed by atoms with van der Waals surface area (Å²) in [4.78, 5) is 1.70. The van der Waals surface area contributed by atoms with E-state index in [4.69, 9.17) is 9.47 Å². The predicted molar refractivity (Wildman–Crippen MR) is 120 cm³/mol. The van der Waals surface area contributed by atoms with Crippen molar-refractivity contribution in [3.05, 3.63) is 90.0 Å². The number of tetrazole rings is 1. The second-order valence-corrected chi connectivity index (χ2v) is 7.44. The molecule has 0 N–H and O–H groups in total. The van der Waals surface area contributed by atoms with Crippen molar-refractivity contribution in [1.29, 1.82) is 0 Å². The van der Waals surface area contributed by atoms with Crippen LogP contribution in [0.2, 0.25) is 0 Å². The van der Waals surface area contributed by atoms with Crippen LogP contribution in [0.4, 0.5) is 0 Å². The van der Waals surface area contributed by atoms with E-state index in [0.717, 1.165) is 28.7 Å². The largest absolute Gasteiger partial charge is 0.352 e. The van der Waals surface area contributed by atoms with Crippen LogP contribution in [0.3, 0.4) is 0 Å². The number of methoxy groups -OCH3 is 2. The molecule has 3 aromatic carbocycles. The Morgan fingerprint density at radius 2 is 1.45 bits per heavy atom. The molecule has 0 fully saturated rings. The van der Waals surface area contributed by atoms with Gasteiger partial charge in [0.05, 0.1) is 6.04 Å². The molecular formula is C25H26N4O2. The monoisotopic (exact) mass is 414 g/mol. The number of benzene rings is 3. The van der Waals surface area contributed by atoms with Gasteiger partial charge in [0.15, 0.2) is 6.29 Å². The molecule has 158 valence electrons. The average Bonchev–Trinajstić information content (AvgIpc) is 3.31. The third-order valence-electron chi connectivity index (χ3n) is 5.29. The van der Waals surface area contributed by atoms with Gasteiger partial charge in [0.2, 0.25) is 5.82 Å². The van der Waals surface area contributed by atoms with Gasteiger partial charge in [-0.2, -0.15) is 4.80 Å². The average molecular weight is 415 g/mol. The van der Waals surface area contributed by atoms with Gasteiger partial charge >= 0.3 is 0 Å². The summed E-state index contributed by atoms with van der Waals surface area (Å²) in [6.45, 7) is 2.10. The lowest BCUT2D eigenvalue weighted by Gasteiger charge is -2.14. The van der Waals surface area contributed by atoms with E-state index in [1.54, 1.807) is 19.0 Å². The van der Waals surface area contributed by atoms with Gasteiger partial charge in [0.1, 0.15) is 0 Å². The highest BCUT2D eigenvalue weighted by atomic mass is 16.7. The highest BCUT2D eigenvalue weighted by Crippen LogP contribution is 2.31. The fraction of sp³-hybridized carbons (Fsp3) is 0.240. The molecule has 0 amide bonds. The van der Waals surface area contributed by atoms with Crippen LogP contribution >= 0.6 is 0 Å². The minimum Gasteiger partial charge on any atom is -0.352 e. The zero-order valence-electron chi connectivity index (χ0n) is 18.0. The molecule has 0 aliphatic carbocycles. The third kappa shape index (κ3) is 4.71. The number of hydrogen-bond acceptors (Lipinski definition) is 5. The lowest BCUT2D eigenvalue weighted by molar-refractivity contribution is -0.106. The molecule has 0 saturated heterocycles. The molecule has 0 saturated carbocycles. The second kappa shape index (κ2) is 9.64. The van der Waals surface area contributed by atoms with E-state index in [1.165, 1.54) is 5.56 Å². The number of hydrogen-bond donors (Lipinski definition) is 0. The smallest absolute Gasteiger partial charge is 0.205 e. The Balaban J connectivity index is 1.59. The van der Waals surface area contributed by atoms with Crippen molar-refractivity contribution in [3.63, 3.8) is 0 Å². The number of rotatable bonds is 8. The summed E-state index contributed by atoms with van der Waals surface area (Å²) >= 11 is 0. The minimum atomic E-state index is -0.378. The summed E-state index contributed by atoms with van der Waals surface area (Å²) in [7, 11) is 3.26. The molecule has 1 aromatic heterocycles. The van der Waals surface area contributed by atoms with Crippen LogP contribution in [0.1, 0.15) is 30.4 Å². The third-order valence-corrected chi connectivity index (χ3v) is 5.29. The molecule has 4 aromatic rings. The van der Waals surface area contributed by atoms with E-state index in [0.29, 0.717) is 5.82 Å². The molecule has 0 aliphatic heterocycles. The molecule has 0 aliphatic rings. The molecular weight excluding hydrogens is 388 g/mol. The Morgan fingerprint density at radius 3 is 2.13 bits per heavy atom. The first-order valence-electron chi connectivity index (χ1n) is 10.3. The van der Waals surface area contributed by atoms with Crippen LogP contribution in [0.5, 0.6) is 0 Å². The van der Waals surface area contributed by atoms with Crippen LogP contribution in [-0.2, 0) is 15.9 Å². The van der Waals surface area contributed by atoms with Gasteiger partial charge in [0.25, 0.3) is 0 Å². The number of aromatic nitrogens is 4. The lowest BCUT2D eigenvalue weighted by Crippen LogP contribution is -2.11. The Morgan fingerprint density at radius 1 is 0.806 bits per heavy atom. The molecule has 4 rings (SSSR count). The predicted octanol–water partition coefficient (Wildman–Crippen LogP) is 5.10. The van der Waals surface area contributed by atoms with Crippen LogP contribution in [-0.4, -0.2) is 34.4 Å². The first-order valence-corrected chi connectivity index (χ1v) is 10.3. The van der Waals surface area contributed by atoms with Crippen molar-refractivity contribution in [1.82, 2.24) is 20.2 Å². The molecule has 0 bridgehead atoms. The maximum Gasteiger partial charge on any atom is 0.205 e. The highest BCUT2D eigenvalue weighted by molar-refractivity contribution is 5.80. The fourth-order valence-corrected chi connectivity index (χ4v) is 3.67. The normalized spacial score (nSPS) is 12.3. The second-order valence-electron chi connectivity index (χ2n) is 7.44. The van der Waals surface area contributed by atoms with Crippen molar-refractivity contribution in [3.8, 4) is 22.5 Å². The molecule has 6 nitrogen and oxygen atoms in total. The number of ether oxygens (including phenoxy) is 2. The first-order chi connectivity index (χ1) is 15.2. The van der Waals surface area contributed by atoms with Gasteiger partial charge in [-0.25, -0.2) is 0 Å². The van der Waals surface area contributed by atoms with Gasteiger partial charge in [-0.3, -0.25) is 0 Å².